The Labute approximate surface area is 375 Å². The Morgan fingerprint density at radius 2 is 1.78 bits per heavy atom. The number of nitrogens with zero attached hydrogens (tertiary/aromatic N) is 5. The van der Waals surface area contributed by atoms with Crippen molar-refractivity contribution in [1.29, 1.82) is 0 Å². The lowest BCUT2D eigenvalue weighted by atomic mass is 9.78. The van der Waals surface area contributed by atoms with Crippen molar-refractivity contribution >= 4 is 35.7 Å². The lowest BCUT2D eigenvalue weighted by molar-refractivity contribution is -0.295. The van der Waals surface area contributed by atoms with Gasteiger partial charge in [-0.05, 0) is 105 Å². The van der Waals surface area contributed by atoms with Gasteiger partial charge in [-0.25, -0.2) is 14.0 Å². The van der Waals surface area contributed by atoms with E-state index in [-0.39, 0.29) is 36.6 Å². The van der Waals surface area contributed by atoms with Crippen LogP contribution in [-0.2, 0) is 39.8 Å². The van der Waals surface area contributed by atoms with Crippen LogP contribution < -0.4 is 11.1 Å². The summed E-state index contributed by atoms with van der Waals surface area (Å²) in [5, 5.41) is 23.6. The zero-order valence-electron chi connectivity index (χ0n) is 39.0. The summed E-state index contributed by atoms with van der Waals surface area (Å²) >= 11 is 0.250. The van der Waals surface area contributed by atoms with E-state index in [4.69, 9.17) is 29.4 Å². The number of ether oxygens (including phenoxy) is 5. The number of amides is 1. The first-order valence-corrected chi connectivity index (χ1v) is 23.0. The summed E-state index contributed by atoms with van der Waals surface area (Å²) in [4.78, 5) is 45.6. The van der Waals surface area contributed by atoms with E-state index in [2.05, 4.69) is 15.6 Å². The number of benzene rings is 1. The molecule has 5 rings (SSSR count). The monoisotopic (exact) mass is 912 g/mol. The molecule has 0 aliphatic carbocycles. The second-order valence-electron chi connectivity index (χ2n) is 18.2. The smallest absolute Gasteiger partial charge is 0.410 e. The molecule has 3 fully saturated rings. The minimum atomic E-state index is -3.13. The molecule has 63 heavy (non-hydrogen) atoms. The molecule has 4 N–H and O–H groups in total. The molecule has 3 aliphatic rings. The van der Waals surface area contributed by atoms with E-state index < -0.39 is 77.3 Å². The molecule has 356 valence electrons. The van der Waals surface area contributed by atoms with E-state index in [1.54, 1.807) is 36.4 Å². The van der Waals surface area contributed by atoms with Gasteiger partial charge >= 0.3 is 12.1 Å². The van der Waals surface area contributed by atoms with Gasteiger partial charge in [0.25, 0.3) is 5.67 Å². The molecule has 0 radical (unpaired) electrons. The van der Waals surface area contributed by atoms with Gasteiger partial charge < -0.3 is 44.7 Å². The second-order valence-corrected chi connectivity index (χ2v) is 18.5. The number of aliphatic hydroxyl groups is 1. The fourth-order valence-corrected chi connectivity index (χ4v) is 9.46. The number of Topliss-reactive ketones (excluding diaryl/α,β-unsaturated/α-hetero) is 1. The fraction of sp³-hybridized carbons (Fsp3) is 0.750. The number of nitrogen functional groups attached to an aromatic ring is 1. The van der Waals surface area contributed by atoms with Crippen molar-refractivity contribution in [1.82, 2.24) is 30.1 Å². The van der Waals surface area contributed by atoms with Gasteiger partial charge in [0.15, 0.2) is 17.7 Å². The third kappa shape index (κ3) is 12.1. The van der Waals surface area contributed by atoms with E-state index in [0.29, 0.717) is 56.7 Å². The van der Waals surface area contributed by atoms with Crippen molar-refractivity contribution in [3.05, 3.63) is 30.5 Å². The number of carbonyl (C=O) groups is 3. The molecule has 4 heterocycles. The van der Waals surface area contributed by atoms with Gasteiger partial charge in [0.1, 0.15) is 17.9 Å². The van der Waals surface area contributed by atoms with Gasteiger partial charge in [-0.15, -0.1) is 5.10 Å². The standard InChI is InChI=1S/C43H68FN7O9.CH3FS/c1-12-33-43(8)35(51(40(55)60-43)19-14-13-18-50-24-31(47-48-50)29-16-15-17-30(45)21-29)28(5)46-23-25(2)22-41(6,56-11)37(27(4)36(53)42(7,44)39(54)58-33)59-38-34(52)32(49(9)10)20-26(3)57-38;1-3-2/h15-17,21,24-28,32-35,37-38,46,52H,12-14,18-20,22-23,45H2,1-11H3;1H3/t25-,26-,27-,28-,32?,33-,34?,35-,37-,38+,41-,42?,43-;/m1./s1. The Balaban J connectivity index is 0.00000282. The highest BCUT2D eigenvalue weighted by molar-refractivity contribution is 7.93. The van der Waals surface area contributed by atoms with E-state index >= 15 is 4.39 Å². The number of rotatable bonds is 11. The van der Waals surface area contributed by atoms with E-state index in [0.717, 1.165) is 12.5 Å². The lowest BCUT2D eigenvalue weighted by Crippen LogP contribution is -2.61. The third-order valence-electron chi connectivity index (χ3n) is 12.8. The van der Waals surface area contributed by atoms with Gasteiger partial charge in [-0.2, -0.15) is 3.89 Å². The first-order chi connectivity index (χ1) is 29.6. The number of carbonyl (C=O) groups excluding carboxylic acids is 3. The minimum absolute atomic E-state index is 0.115. The number of ketones is 1. The number of aryl methyl sites for hydroxylation is 1. The van der Waals surface area contributed by atoms with Crippen molar-refractivity contribution in [2.45, 2.75) is 160 Å². The van der Waals surface area contributed by atoms with Gasteiger partial charge in [-0.3, -0.25) is 14.4 Å². The number of nitrogens with one attached hydrogen (secondary N) is 1. The number of esters is 1. The van der Waals surface area contributed by atoms with E-state index in [1.165, 1.54) is 20.3 Å². The van der Waals surface area contributed by atoms with Crippen LogP contribution in [0.25, 0.3) is 11.3 Å². The molecule has 1 amide bonds. The topological polar surface area (TPSA) is 193 Å². The molecule has 0 saturated carbocycles. The molecule has 1 aromatic carbocycles. The average Bonchev–Trinajstić information content (AvgIpc) is 3.81. The van der Waals surface area contributed by atoms with Crippen LogP contribution in [0.1, 0.15) is 87.5 Å². The Morgan fingerprint density at radius 1 is 1.11 bits per heavy atom. The summed E-state index contributed by atoms with van der Waals surface area (Å²) in [6, 6.07) is 6.06. The van der Waals surface area contributed by atoms with Crippen LogP contribution in [0.2, 0.25) is 0 Å². The summed E-state index contributed by atoms with van der Waals surface area (Å²) < 4.78 is 59.8. The molecule has 2 aromatic rings. The van der Waals surface area contributed by atoms with Crippen LogP contribution in [-0.4, -0.2) is 154 Å². The van der Waals surface area contributed by atoms with Gasteiger partial charge in [-0.1, -0.05) is 38.1 Å². The number of alkyl halides is 1. The number of methoxy groups -OCH3 is 1. The summed E-state index contributed by atoms with van der Waals surface area (Å²) in [6.45, 7) is 14.8. The third-order valence-corrected chi connectivity index (χ3v) is 12.8. The van der Waals surface area contributed by atoms with E-state index in [1.807, 2.05) is 64.2 Å². The Morgan fingerprint density at radius 3 is 2.40 bits per heavy atom. The molecular formula is C44H71F2N7O9S. The first kappa shape index (κ1) is 52.2. The molecule has 3 unspecified atom stereocenters. The highest BCUT2D eigenvalue weighted by atomic mass is 32.2. The van der Waals surface area contributed by atoms with Crippen LogP contribution in [0.5, 0.6) is 0 Å². The zero-order valence-corrected chi connectivity index (χ0v) is 39.8. The van der Waals surface area contributed by atoms with Crippen molar-refractivity contribution in [3.8, 4) is 11.3 Å². The largest absolute Gasteiger partial charge is 0.455 e. The number of nitrogens with two attached hydrogens (primary N) is 1. The van der Waals surface area contributed by atoms with Crippen molar-refractivity contribution in [2.75, 3.05) is 46.3 Å². The highest BCUT2D eigenvalue weighted by Gasteiger charge is 2.60. The lowest BCUT2D eigenvalue weighted by Gasteiger charge is -2.47. The molecule has 0 bridgehead atoms. The number of anilines is 1. The molecule has 0 spiro atoms. The van der Waals surface area contributed by atoms with E-state index in [9.17, 15) is 23.4 Å². The van der Waals surface area contributed by atoms with Crippen LogP contribution in [0.15, 0.2) is 30.5 Å². The molecule has 1 aromatic heterocycles. The number of aromatic nitrogens is 3. The zero-order chi connectivity index (χ0) is 47.0. The van der Waals surface area contributed by atoms with Gasteiger partial charge in [0, 0.05) is 67.9 Å². The number of cyclic esters (lactones) is 1. The van der Waals surface area contributed by atoms with Crippen molar-refractivity contribution in [3.63, 3.8) is 0 Å². The number of aliphatic hydroxyl groups excluding tert-OH is 1. The maximum Gasteiger partial charge on any atom is 0.410 e. The molecule has 3 saturated heterocycles. The SMILES string of the molecule is CC[C@H]1OC(=O)C(C)(F)C(=O)[C@@H](C)[C@@H](O[C@@H]2O[C@H](C)CC(N(C)C)C2O)[C@](C)(OC)C[C@@H](C)CN[C@H](C)[C@H]2N(CCCCn3cc(-c4cccc(N)c4)nn3)C(=O)O[C@]12C.CSF. The molecule has 13 atom stereocenters. The Kier molecular flexibility index (Phi) is 18.3. The molecule has 16 nitrogen and oxygen atoms in total. The number of hydrogen-bond acceptors (Lipinski definition) is 15. The van der Waals surface area contributed by atoms with Gasteiger partial charge in [0.2, 0.25) is 0 Å². The quantitative estimate of drug-likeness (QED) is 0.109. The number of halogens is 2. The number of unbranched alkanes of at least 4 members (excludes halogenated alkanes) is 1. The predicted molar refractivity (Wildman–Crippen MR) is 237 cm³/mol. The van der Waals surface area contributed by atoms with Crippen LogP contribution in [0.3, 0.4) is 0 Å². The summed E-state index contributed by atoms with van der Waals surface area (Å²) in [6.07, 6.45) is 0.113. The van der Waals surface area contributed by atoms with Crippen LogP contribution >= 0.6 is 12.1 Å². The van der Waals surface area contributed by atoms with Crippen molar-refractivity contribution in [2.24, 2.45) is 11.8 Å². The second kappa shape index (κ2) is 22.2. The summed E-state index contributed by atoms with van der Waals surface area (Å²) in [5.41, 5.74) is 2.37. The maximum absolute atomic E-state index is 17.0. The minimum Gasteiger partial charge on any atom is -0.455 e. The average molecular weight is 912 g/mol. The van der Waals surface area contributed by atoms with Crippen LogP contribution in [0.4, 0.5) is 18.8 Å². The predicted octanol–water partition coefficient (Wildman–Crippen LogP) is 5.61. The number of hydrogen-bond donors (Lipinski definition) is 3. The summed E-state index contributed by atoms with van der Waals surface area (Å²) in [7, 11) is 5.20. The summed E-state index contributed by atoms with van der Waals surface area (Å²) in [5.74, 6) is -3.86. The number of likely N-dealkylation sites (N-methyl/N-ethyl adjacent to an activating group) is 1. The van der Waals surface area contributed by atoms with Gasteiger partial charge in [0.05, 0.1) is 30.0 Å². The van der Waals surface area contributed by atoms with Crippen LogP contribution in [0, 0.1) is 11.8 Å². The fourth-order valence-electron chi connectivity index (χ4n) is 9.46. The Hall–Kier alpha value is -3.46. The van der Waals surface area contributed by atoms with Crippen molar-refractivity contribution < 1.29 is 51.5 Å². The molecule has 19 heteroatoms. The molecular weight excluding hydrogens is 841 g/mol. The maximum atomic E-state index is 17.0. The Bertz CT molecular complexity index is 1830. The normalized spacial score (nSPS) is 35.8. The highest BCUT2D eigenvalue weighted by Crippen LogP contribution is 2.41. The molecule has 3 aliphatic heterocycles. The first-order valence-electron chi connectivity index (χ1n) is 21.9. The number of fused-ring (bicyclic) bond motifs is 1.